The Morgan fingerprint density at radius 1 is 1.07 bits per heavy atom. The predicted octanol–water partition coefficient (Wildman–Crippen LogP) is 3.37. The van der Waals surface area contributed by atoms with Gasteiger partial charge in [-0.3, -0.25) is 0 Å². The summed E-state index contributed by atoms with van der Waals surface area (Å²) < 4.78 is 33.0. The molecule has 1 saturated heterocycles. The standard InChI is InChI=1S/C21H26N4O2S/c1-16-10-8-9-15-25(16)28(26,27)23-20(17-11-4-3-5-12-17)21-22-18-13-6-7-14-19(18)24(21)2/h3-7,11-14,16,20,23H,8-10,15H2,1-2H3/t16-,20+/m0/s1. The van der Waals surface area contributed by atoms with Crippen molar-refractivity contribution in [2.24, 2.45) is 7.05 Å². The van der Waals surface area contributed by atoms with E-state index < -0.39 is 16.3 Å². The summed E-state index contributed by atoms with van der Waals surface area (Å²) in [5, 5.41) is 0. The van der Waals surface area contributed by atoms with Crippen molar-refractivity contribution in [3.05, 3.63) is 66.0 Å². The molecule has 3 aromatic rings. The van der Waals surface area contributed by atoms with E-state index in [1.54, 1.807) is 4.31 Å². The van der Waals surface area contributed by atoms with E-state index in [4.69, 9.17) is 4.98 Å². The smallest absolute Gasteiger partial charge is 0.280 e. The molecule has 0 saturated carbocycles. The lowest BCUT2D eigenvalue weighted by Gasteiger charge is -2.33. The average Bonchev–Trinajstić information content (AvgIpc) is 3.04. The monoisotopic (exact) mass is 398 g/mol. The number of nitrogens with zero attached hydrogens (tertiary/aromatic N) is 3. The molecule has 1 aliphatic heterocycles. The first-order valence-corrected chi connectivity index (χ1v) is 11.2. The molecule has 1 aromatic heterocycles. The Morgan fingerprint density at radius 2 is 1.79 bits per heavy atom. The molecule has 1 fully saturated rings. The fraction of sp³-hybridized carbons (Fsp3) is 0.381. The summed E-state index contributed by atoms with van der Waals surface area (Å²) in [7, 11) is -1.72. The minimum absolute atomic E-state index is 0.00289. The van der Waals surface area contributed by atoms with Crippen molar-refractivity contribution in [1.29, 1.82) is 0 Å². The molecular weight excluding hydrogens is 372 g/mol. The summed E-state index contributed by atoms with van der Waals surface area (Å²) in [6, 6.07) is 16.9. The molecule has 1 aliphatic rings. The van der Waals surface area contributed by atoms with Crippen molar-refractivity contribution in [2.75, 3.05) is 6.54 Å². The minimum Gasteiger partial charge on any atom is -0.329 e. The summed E-state index contributed by atoms with van der Waals surface area (Å²) in [5.41, 5.74) is 2.70. The lowest BCUT2D eigenvalue weighted by atomic mass is 10.1. The zero-order chi connectivity index (χ0) is 19.7. The largest absolute Gasteiger partial charge is 0.329 e. The van der Waals surface area contributed by atoms with E-state index in [1.165, 1.54) is 0 Å². The second-order valence-corrected chi connectivity index (χ2v) is 9.09. The van der Waals surface area contributed by atoms with E-state index in [2.05, 4.69) is 4.72 Å². The predicted molar refractivity (Wildman–Crippen MR) is 111 cm³/mol. The van der Waals surface area contributed by atoms with Crippen LogP contribution in [0.1, 0.15) is 43.6 Å². The molecule has 0 spiro atoms. The normalized spacial score (nSPS) is 19.7. The van der Waals surface area contributed by atoms with E-state index in [0.29, 0.717) is 12.4 Å². The fourth-order valence-corrected chi connectivity index (χ4v) is 5.61. The maximum absolute atomic E-state index is 13.3. The number of para-hydroxylation sites is 2. The van der Waals surface area contributed by atoms with Crippen LogP contribution in [0.25, 0.3) is 11.0 Å². The first kappa shape index (κ1) is 19.1. The Bertz CT molecular complexity index is 1060. The summed E-state index contributed by atoms with van der Waals surface area (Å²) in [6.45, 7) is 2.53. The molecule has 0 radical (unpaired) electrons. The van der Waals surface area contributed by atoms with Gasteiger partial charge in [0, 0.05) is 19.6 Å². The van der Waals surface area contributed by atoms with Crippen molar-refractivity contribution >= 4 is 21.2 Å². The van der Waals surface area contributed by atoms with Gasteiger partial charge in [-0.25, -0.2) is 4.98 Å². The van der Waals surface area contributed by atoms with Gasteiger partial charge in [0.15, 0.2) is 0 Å². The van der Waals surface area contributed by atoms with Gasteiger partial charge in [0.25, 0.3) is 10.2 Å². The third-order valence-electron chi connectivity index (χ3n) is 5.53. The minimum atomic E-state index is -3.65. The molecule has 2 heterocycles. The highest BCUT2D eigenvalue weighted by Crippen LogP contribution is 2.27. The first-order valence-electron chi connectivity index (χ1n) is 9.73. The van der Waals surface area contributed by atoms with Gasteiger partial charge in [-0.15, -0.1) is 0 Å². The highest BCUT2D eigenvalue weighted by atomic mass is 32.2. The third-order valence-corrected chi connectivity index (χ3v) is 7.22. The molecule has 0 aliphatic carbocycles. The quantitative estimate of drug-likeness (QED) is 0.716. The van der Waals surface area contributed by atoms with Crippen molar-refractivity contribution < 1.29 is 8.42 Å². The highest BCUT2D eigenvalue weighted by Gasteiger charge is 2.33. The number of benzene rings is 2. The highest BCUT2D eigenvalue weighted by molar-refractivity contribution is 7.87. The van der Waals surface area contributed by atoms with Crippen LogP contribution in [0.3, 0.4) is 0 Å². The molecule has 4 rings (SSSR count). The summed E-state index contributed by atoms with van der Waals surface area (Å²) in [4.78, 5) is 4.75. The molecule has 6 nitrogen and oxygen atoms in total. The zero-order valence-electron chi connectivity index (χ0n) is 16.2. The number of nitrogens with one attached hydrogen (secondary N) is 1. The van der Waals surface area contributed by atoms with Gasteiger partial charge in [0.1, 0.15) is 11.9 Å². The maximum atomic E-state index is 13.3. The van der Waals surface area contributed by atoms with Crippen LogP contribution in [-0.4, -0.2) is 34.9 Å². The molecule has 148 valence electrons. The van der Waals surface area contributed by atoms with Crippen LogP contribution in [0, 0.1) is 0 Å². The number of imidazole rings is 1. The van der Waals surface area contributed by atoms with Crippen molar-refractivity contribution in [2.45, 2.75) is 38.3 Å². The van der Waals surface area contributed by atoms with Crippen LogP contribution in [-0.2, 0) is 17.3 Å². The third kappa shape index (κ3) is 3.57. The number of aryl methyl sites for hydroxylation is 1. The SMILES string of the molecule is C[C@H]1CCCCN1S(=O)(=O)N[C@H](c1ccccc1)c1nc2ccccc2n1C. The first-order chi connectivity index (χ1) is 13.5. The van der Waals surface area contributed by atoms with Gasteiger partial charge in [-0.2, -0.15) is 17.4 Å². The summed E-state index contributed by atoms with van der Waals surface area (Å²) in [6.07, 6.45) is 2.86. The van der Waals surface area contributed by atoms with Crippen LogP contribution < -0.4 is 4.72 Å². The molecular formula is C21H26N4O2S. The van der Waals surface area contributed by atoms with Crippen molar-refractivity contribution in [3.8, 4) is 0 Å². The van der Waals surface area contributed by atoms with Gasteiger partial charge in [-0.1, -0.05) is 48.9 Å². The number of piperidine rings is 1. The second kappa shape index (κ2) is 7.66. The molecule has 7 heteroatoms. The number of hydrogen-bond acceptors (Lipinski definition) is 3. The lowest BCUT2D eigenvalue weighted by Crippen LogP contribution is -2.49. The van der Waals surface area contributed by atoms with Crippen LogP contribution in [0.4, 0.5) is 0 Å². The average molecular weight is 399 g/mol. The van der Waals surface area contributed by atoms with Crippen LogP contribution in [0.5, 0.6) is 0 Å². The molecule has 1 N–H and O–H groups in total. The Balaban J connectivity index is 1.77. The van der Waals surface area contributed by atoms with E-state index >= 15 is 0 Å². The van der Waals surface area contributed by atoms with Crippen LogP contribution >= 0.6 is 0 Å². The van der Waals surface area contributed by atoms with Gasteiger partial charge in [0.2, 0.25) is 0 Å². The van der Waals surface area contributed by atoms with Gasteiger partial charge < -0.3 is 4.57 Å². The van der Waals surface area contributed by atoms with Crippen molar-refractivity contribution in [3.63, 3.8) is 0 Å². The Kier molecular flexibility index (Phi) is 5.23. The Labute approximate surface area is 166 Å². The number of fused-ring (bicyclic) bond motifs is 1. The Hall–Kier alpha value is -2.22. The molecule has 28 heavy (non-hydrogen) atoms. The van der Waals surface area contributed by atoms with E-state index in [0.717, 1.165) is 35.9 Å². The van der Waals surface area contributed by atoms with Crippen LogP contribution in [0.15, 0.2) is 54.6 Å². The van der Waals surface area contributed by atoms with E-state index in [-0.39, 0.29) is 6.04 Å². The Morgan fingerprint density at radius 3 is 2.50 bits per heavy atom. The number of hydrogen-bond donors (Lipinski definition) is 1. The number of aromatic nitrogens is 2. The number of rotatable bonds is 5. The topological polar surface area (TPSA) is 67.2 Å². The van der Waals surface area contributed by atoms with Crippen LogP contribution in [0.2, 0.25) is 0 Å². The maximum Gasteiger partial charge on any atom is 0.280 e. The zero-order valence-corrected chi connectivity index (χ0v) is 17.1. The van der Waals surface area contributed by atoms with E-state index in [9.17, 15) is 8.42 Å². The van der Waals surface area contributed by atoms with E-state index in [1.807, 2.05) is 73.1 Å². The second-order valence-electron chi connectivity index (χ2n) is 7.44. The van der Waals surface area contributed by atoms with Gasteiger partial charge >= 0.3 is 0 Å². The molecule has 2 aromatic carbocycles. The lowest BCUT2D eigenvalue weighted by molar-refractivity contribution is 0.264. The molecule has 0 amide bonds. The summed E-state index contributed by atoms with van der Waals surface area (Å²) in [5.74, 6) is 0.681. The molecule has 2 atom stereocenters. The van der Waals surface area contributed by atoms with Crippen molar-refractivity contribution in [1.82, 2.24) is 18.6 Å². The molecule has 0 unspecified atom stereocenters. The van der Waals surface area contributed by atoms with Gasteiger partial charge in [0.05, 0.1) is 11.0 Å². The summed E-state index contributed by atoms with van der Waals surface area (Å²) >= 11 is 0. The van der Waals surface area contributed by atoms with Gasteiger partial charge in [-0.05, 0) is 37.5 Å². The fourth-order valence-electron chi connectivity index (χ4n) is 3.98. The molecule has 0 bridgehead atoms.